The van der Waals surface area contributed by atoms with E-state index in [1.165, 1.54) is 4.88 Å². The van der Waals surface area contributed by atoms with Crippen molar-refractivity contribution in [1.82, 2.24) is 9.55 Å². The Hall–Kier alpha value is -2.14. The number of fused-ring (bicyclic) bond motifs is 1. The predicted octanol–water partition coefficient (Wildman–Crippen LogP) is 3.33. The molecule has 1 N–H and O–H groups in total. The molecule has 5 heteroatoms. The van der Waals surface area contributed by atoms with Gasteiger partial charge in [-0.3, -0.25) is 4.79 Å². The Morgan fingerprint density at radius 3 is 3.00 bits per heavy atom. The Morgan fingerprint density at radius 1 is 1.29 bits per heavy atom. The van der Waals surface area contributed by atoms with E-state index in [2.05, 4.69) is 21.8 Å². The number of rotatable bonds is 5. The van der Waals surface area contributed by atoms with Crippen molar-refractivity contribution in [3.63, 3.8) is 0 Å². The highest BCUT2D eigenvalue weighted by Gasteiger charge is 2.05. The quantitative estimate of drug-likeness (QED) is 0.786. The van der Waals surface area contributed by atoms with E-state index in [0.29, 0.717) is 0 Å². The molecule has 0 saturated carbocycles. The molecular weight excluding hydrogens is 282 g/mol. The van der Waals surface area contributed by atoms with Crippen molar-refractivity contribution in [3.8, 4) is 0 Å². The van der Waals surface area contributed by atoms with Gasteiger partial charge in [-0.05, 0) is 18.6 Å². The van der Waals surface area contributed by atoms with Gasteiger partial charge in [-0.15, -0.1) is 11.3 Å². The highest BCUT2D eigenvalue weighted by molar-refractivity contribution is 7.15. The van der Waals surface area contributed by atoms with Gasteiger partial charge in [0.2, 0.25) is 0 Å². The zero-order valence-corrected chi connectivity index (χ0v) is 12.7. The van der Waals surface area contributed by atoms with Crippen molar-refractivity contribution < 1.29 is 0 Å². The molecule has 3 rings (SSSR count). The van der Waals surface area contributed by atoms with Crippen LogP contribution in [0.15, 0.2) is 47.5 Å². The van der Waals surface area contributed by atoms with E-state index >= 15 is 0 Å². The Kier molecular flexibility index (Phi) is 4.01. The summed E-state index contributed by atoms with van der Waals surface area (Å²) in [5.74, 6) is 0. The molecule has 0 atom stereocenters. The van der Waals surface area contributed by atoms with Gasteiger partial charge in [0.05, 0.1) is 12.1 Å². The molecule has 108 valence electrons. The van der Waals surface area contributed by atoms with E-state index in [1.807, 2.05) is 36.7 Å². The van der Waals surface area contributed by atoms with Crippen LogP contribution in [-0.4, -0.2) is 16.1 Å². The molecule has 0 amide bonds. The second kappa shape index (κ2) is 6.10. The largest absolute Gasteiger partial charge is 0.362 e. The molecule has 0 unspecified atom stereocenters. The lowest BCUT2D eigenvalue weighted by atomic mass is 10.2. The first kappa shape index (κ1) is 13.8. The number of aromatic nitrogens is 2. The van der Waals surface area contributed by atoms with E-state index in [-0.39, 0.29) is 5.43 Å². The number of benzene rings is 1. The topological polar surface area (TPSA) is 46.9 Å². The van der Waals surface area contributed by atoms with Crippen molar-refractivity contribution >= 4 is 27.4 Å². The van der Waals surface area contributed by atoms with E-state index in [1.54, 1.807) is 17.4 Å². The number of nitrogens with zero attached hydrogens (tertiary/aromatic N) is 2. The average Bonchev–Trinajstić information content (AvgIpc) is 2.96. The minimum atomic E-state index is 0.0662. The third-order valence-electron chi connectivity index (χ3n) is 3.29. The van der Waals surface area contributed by atoms with Gasteiger partial charge in [0.1, 0.15) is 0 Å². The van der Waals surface area contributed by atoms with Crippen molar-refractivity contribution in [2.45, 2.75) is 19.9 Å². The Morgan fingerprint density at radius 2 is 2.14 bits per heavy atom. The zero-order chi connectivity index (χ0) is 14.7. The van der Waals surface area contributed by atoms with Crippen LogP contribution in [0.2, 0.25) is 0 Å². The van der Waals surface area contributed by atoms with Gasteiger partial charge in [-0.1, -0.05) is 19.1 Å². The number of para-hydroxylation sites is 1. The number of nitrogens with one attached hydrogen (secondary N) is 1. The summed E-state index contributed by atoms with van der Waals surface area (Å²) in [4.78, 5) is 17.4. The normalized spacial score (nSPS) is 10.9. The molecule has 0 aliphatic carbocycles. The third-order valence-corrected chi connectivity index (χ3v) is 4.23. The number of anilines is 1. The van der Waals surface area contributed by atoms with Gasteiger partial charge in [0.15, 0.2) is 10.6 Å². The monoisotopic (exact) mass is 299 g/mol. The van der Waals surface area contributed by atoms with Crippen molar-refractivity contribution in [2.75, 3.05) is 11.9 Å². The van der Waals surface area contributed by atoms with Crippen LogP contribution in [0.3, 0.4) is 0 Å². The fourth-order valence-electron chi connectivity index (χ4n) is 2.26. The second-order valence-corrected chi connectivity index (χ2v) is 6.00. The van der Waals surface area contributed by atoms with E-state index in [0.717, 1.165) is 35.5 Å². The summed E-state index contributed by atoms with van der Waals surface area (Å²) in [5, 5.41) is 5.01. The second-order valence-electron chi connectivity index (χ2n) is 4.88. The first-order valence-electron chi connectivity index (χ1n) is 7.04. The zero-order valence-electron chi connectivity index (χ0n) is 11.9. The standard InChI is InChI=1S/C16H17N3OS/c1-2-8-17-16-18-10-12(21-16)11-19-9-7-15(20)13-5-3-4-6-14(13)19/h3-7,9-10H,2,8,11H2,1H3,(H,17,18). The van der Waals surface area contributed by atoms with Crippen LogP contribution in [0.5, 0.6) is 0 Å². The summed E-state index contributed by atoms with van der Waals surface area (Å²) in [6, 6.07) is 9.33. The number of hydrogen-bond donors (Lipinski definition) is 1. The maximum Gasteiger partial charge on any atom is 0.189 e. The molecule has 21 heavy (non-hydrogen) atoms. The van der Waals surface area contributed by atoms with Gasteiger partial charge in [-0.25, -0.2) is 4.98 Å². The average molecular weight is 299 g/mol. The third kappa shape index (κ3) is 2.97. The molecular formula is C16H17N3OS. The van der Waals surface area contributed by atoms with Crippen LogP contribution >= 0.6 is 11.3 Å². The molecule has 2 heterocycles. The minimum Gasteiger partial charge on any atom is -0.362 e. The van der Waals surface area contributed by atoms with Crippen molar-refractivity contribution in [1.29, 1.82) is 0 Å². The van der Waals surface area contributed by atoms with Gasteiger partial charge < -0.3 is 9.88 Å². The minimum absolute atomic E-state index is 0.0662. The highest BCUT2D eigenvalue weighted by atomic mass is 32.1. The summed E-state index contributed by atoms with van der Waals surface area (Å²) in [7, 11) is 0. The van der Waals surface area contributed by atoms with Gasteiger partial charge in [0, 0.05) is 35.3 Å². The van der Waals surface area contributed by atoms with Gasteiger partial charge >= 0.3 is 0 Å². The lowest BCUT2D eigenvalue weighted by Crippen LogP contribution is -2.07. The summed E-state index contributed by atoms with van der Waals surface area (Å²) >= 11 is 1.66. The maximum atomic E-state index is 11.9. The number of pyridine rings is 1. The first-order chi connectivity index (χ1) is 10.3. The molecule has 3 aromatic rings. The molecule has 1 aromatic carbocycles. The smallest absolute Gasteiger partial charge is 0.189 e. The van der Waals surface area contributed by atoms with Gasteiger partial charge in [-0.2, -0.15) is 0 Å². The molecule has 0 aliphatic heterocycles. The number of hydrogen-bond acceptors (Lipinski definition) is 4. The lowest BCUT2D eigenvalue weighted by Gasteiger charge is -2.08. The van der Waals surface area contributed by atoms with Crippen LogP contribution in [0, 0.1) is 0 Å². The Bertz CT molecular complexity index is 806. The van der Waals surface area contributed by atoms with E-state index in [4.69, 9.17) is 0 Å². The number of thiazole rings is 1. The SMILES string of the molecule is CCCNc1ncc(Cn2ccc(=O)c3ccccc32)s1. The fraction of sp³-hybridized carbons (Fsp3) is 0.250. The molecule has 0 bridgehead atoms. The van der Waals surface area contributed by atoms with E-state index < -0.39 is 0 Å². The summed E-state index contributed by atoms with van der Waals surface area (Å²) in [6.07, 6.45) is 4.83. The van der Waals surface area contributed by atoms with Crippen LogP contribution in [0.25, 0.3) is 10.9 Å². The molecule has 0 fully saturated rings. The first-order valence-corrected chi connectivity index (χ1v) is 7.86. The van der Waals surface area contributed by atoms with E-state index in [9.17, 15) is 4.79 Å². The van der Waals surface area contributed by atoms with Crippen LogP contribution in [-0.2, 0) is 6.54 Å². The molecule has 2 aromatic heterocycles. The fourth-order valence-corrected chi connectivity index (χ4v) is 3.10. The van der Waals surface area contributed by atoms with Crippen LogP contribution in [0.1, 0.15) is 18.2 Å². The van der Waals surface area contributed by atoms with Crippen LogP contribution < -0.4 is 10.7 Å². The predicted molar refractivity (Wildman–Crippen MR) is 88.2 cm³/mol. The summed E-state index contributed by atoms with van der Waals surface area (Å²) in [6.45, 7) is 3.80. The summed E-state index contributed by atoms with van der Waals surface area (Å²) < 4.78 is 2.09. The molecule has 0 radical (unpaired) electrons. The van der Waals surface area contributed by atoms with Crippen LogP contribution in [0.4, 0.5) is 5.13 Å². The van der Waals surface area contributed by atoms with Gasteiger partial charge in [0.25, 0.3) is 0 Å². The van der Waals surface area contributed by atoms with Crippen molar-refractivity contribution in [3.05, 3.63) is 57.8 Å². The maximum absolute atomic E-state index is 11.9. The summed E-state index contributed by atoms with van der Waals surface area (Å²) in [5.41, 5.74) is 1.03. The van der Waals surface area contributed by atoms with Crippen molar-refractivity contribution in [2.24, 2.45) is 0 Å². The lowest BCUT2D eigenvalue weighted by molar-refractivity contribution is 0.837. The highest BCUT2D eigenvalue weighted by Crippen LogP contribution is 2.20. The Balaban J connectivity index is 1.90. The molecule has 4 nitrogen and oxygen atoms in total. The Labute approximate surface area is 127 Å². The molecule has 0 spiro atoms. The molecule has 0 aliphatic rings. The molecule has 0 saturated heterocycles.